The van der Waals surface area contributed by atoms with Crippen LogP contribution in [0.15, 0.2) is 50.7 Å². The minimum Gasteiger partial charge on any atom is -0.496 e. The maximum absolute atomic E-state index is 14.3. The number of aryl methyl sites for hydroxylation is 1. The highest BCUT2D eigenvalue weighted by Crippen LogP contribution is 2.51. The van der Waals surface area contributed by atoms with Gasteiger partial charge in [-0.3, -0.25) is 9.36 Å². The molecule has 3 aromatic heterocycles. The second-order valence-electron chi connectivity index (χ2n) is 12.9. The van der Waals surface area contributed by atoms with E-state index in [9.17, 15) is 29.9 Å². The molecule has 13 heteroatoms. The zero-order valence-corrected chi connectivity index (χ0v) is 26.9. The van der Waals surface area contributed by atoms with Crippen LogP contribution in [0.4, 0.5) is 0 Å². The number of hydrogen-bond acceptors (Lipinski definition) is 10. The summed E-state index contributed by atoms with van der Waals surface area (Å²) in [6.45, 7) is 4.33. The molecule has 0 aliphatic heterocycles. The number of benzene rings is 1. The van der Waals surface area contributed by atoms with E-state index in [-0.39, 0.29) is 42.2 Å². The number of carboxylic acids is 1. The van der Waals surface area contributed by atoms with Crippen LogP contribution in [0.3, 0.4) is 0 Å². The van der Waals surface area contributed by atoms with E-state index in [1.165, 1.54) is 42.2 Å². The van der Waals surface area contributed by atoms with Crippen molar-refractivity contribution in [3.8, 4) is 22.6 Å². The molecule has 4 aromatic rings. The minimum absolute atomic E-state index is 0.0408. The summed E-state index contributed by atoms with van der Waals surface area (Å²) in [5.74, 6) is -0.0759. The number of aliphatic carboxylic acids is 1. The van der Waals surface area contributed by atoms with Crippen LogP contribution in [0.2, 0.25) is 0 Å². The number of nitrogens with zero attached hydrogens (tertiary/aromatic N) is 4. The standard InChI is InChI=1S/C33H36N4O8S/c1-18-25-28(38)37(32(2,3)30(39)40)31(41)36(29(25)46-26(18)27-35-11-12-44-27)17-24(22-7-5-6-8-23(22)43-4)45-21-13-19-15-33(42,9-10-34)16-20(19)14-21/h5-8,11-12,19-21,24,42H,9,13-17H2,1-4H3,(H,39,40)/t19-,20+,21?,24?,33?. The number of carbonyl (C=O) groups is 1. The van der Waals surface area contributed by atoms with Crippen LogP contribution >= 0.6 is 11.3 Å². The Labute approximate surface area is 268 Å². The summed E-state index contributed by atoms with van der Waals surface area (Å²) in [4.78, 5) is 45.8. The molecule has 6 rings (SSSR count). The Morgan fingerprint density at radius 1 is 1.26 bits per heavy atom. The van der Waals surface area contributed by atoms with Gasteiger partial charge in [0.05, 0.1) is 54.3 Å². The van der Waals surface area contributed by atoms with Gasteiger partial charge in [0.25, 0.3) is 5.56 Å². The number of thiophene rings is 1. The topological polar surface area (TPSA) is 170 Å². The zero-order chi connectivity index (χ0) is 33.0. The van der Waals surface area contributed by atoms with Crippen molar-refractivity contribution in [2.45, 2.75) is 82.8 Å². The van der Waals surface area contributed by atoms with Gasteiger partial charge in [-0.1, -0.05) is 18.2 Å². The van der Waals surface area contributed by atoms with Crippen molar-refractivity contribution >= 4 is 27.5 Å². The van der Waals surface area contributed by atoms with Crippen molar-refractivity contribution in [2.75, 3.05) is 7.11 Å². The van der Waals surface area contributed by atoms with Gasteiger partial charge >= 0.3 is 11.7 Å². The molecular weight excluding hydrogens is 612 g/mol. The number of para-hydroxylation sites is 1. The van der Waals surface area contributed by atoms with Gasteiger partial charge in [0.15, 0.2) is 0 Å². The van der Waals surface area contributed by atoms with Gasteiger partial charge in [-0.05, 0) is 69.9 Å². The molecule has 0 spiro atoms. The largest absolute Gasteiger partial charge is 0.496 e. The molecule has 3 heterocycles. The summed E-state index contributed by atoms with van der Waals surface area (Å²) in [7, 11) is 1.55. The van der Waals surface area contributed by atoms with Crippen LogP contribution in [-0.2, 0) is 21.6 Å². The van der Waals surface area contributed by atoms with E-state index in [1.807, 2.05) is 18.2 Å². The van der Waals surface area contributed by atoms with Crippen LogP contribution in [0.25, 0.3) is 21.0 Å². The second kappa shape index (κ2) is 11.8. The van der Waals surface area contributed by atoms with Gasteiger partial charge in [-0.25, -0.2) is 19.1 Å². The first-order valence-electron chi connectivity index (χ1n) is 15.2. The number of hydrogen-bond donors (Lipinski definition) is 2. The van der Waals surface area contributed by atoms with E-state index < -0.39 is 34.5 Å². The molecule has 1 aromatic carbocycles. The van der Waals surface area contributed by atoms with Crippen LogP contribution < -0.4 is 16.0 Å². The molecule has 242 valence electrons. The number of nitriles is 1. The number of aromatic nitrogens is 3. The highest BCUT2D eigenvalue weighted by molar-refractivity contribution is 7.22. The summed E-state index contributed by atoms with van der Waals surface area (Å²) >= 11 is 1.18. The van der Waals surface area contributed by atoms with Crippen molar-refractivity contribution in [1.82, 2.24) is 14.1 Å². The Hall–Kier alpha value is -4.25. The lowest BCUT2D eigenvalue weighted by Crippen LogP contribution is -2.52. The molecule has 0 radical (unpaired) electrons. The van der Waals surface area contributed by atoms with Crippen molar-refractivity contribution < 1.29 is 28.9 Å². The number of ether oxygens (including phenoxy) is 2. The second-order valence-corrected chi connectivity index (χ2v) is 13.9. The number of rotatable bonds is 10. The minimum atomic E-state index is -1.86. The van der Waals surface area contributed by atoms with E-state index in [0.717, 1.165) is 4.57 Å². The number of carboxylic acid groups (broad SMARTS) is 1. The summed E-state index contributed by atoms with van der Waals surface area (Å²) in [5.41, 5.74) is -3.10. The molecule has 2 fully saturated rings. The van der Waals surface area contributed by atoms with Gasteiger partial charge in [0.1, 0.15) is 28.5 Å². The lowest BCUT2D eigenvalue weighted by Gasteiger charge is -2.28. The van der Waals surface area contributed by atoms with Crippen molar-refractivity contribution in [1.29, 1.82) is 5.26 Å². The van der Waals surface area contributed by atoms with Gasteiger partial charge in [0.2, 0.25) is 5.89 Å². The Morgan fingerprint density at radius 2 is 1.96 bits per heavy atom. The first kappa shape index (κ1) is 31.7. The van der Waals surface area contributed by atoms with Gasteiger partial charge in [-0.2, -0.15) is 5.26 Å². The van der Waals surface area contributed by atoms with Gasteiger partial charge < -0.3 is 24.1 Å². The molecule has 0 bridgehead atoms. The van der Waals surface area contributed by atoms with Gasteiger partial charge in [0, 0.05) is 5.56 Å². The molecule has 3 unspecified atom stereocenters. The third kappa shape index (κ3) is 5.34. The zero-order valence-electron chi connectivity index (χ0n) is 26.1. The maximum Gasteiger partial charge on any atom is 0.333 e. The summed E-state index contributed by atoms with van der Waals surface area (Å²) in [6, 6.07) is 9.46. The fourth-order valence-electron chi connectivity index (χ4n) is 7.30. The van der Waals surface area contributed by atoms with E-state index in [1.54, 1.807) is 20.1 Å². The highest BCUT2D eigenvalue weighted by atomic mass is 32.1. The molecule has 0 saturated heterocycles. The molecule has 2 aliphatic carbocycles. The first-order chi connectivity index (χ1) is 21.9. The molecule has 5 atom stereocenters. The predicted octanol–water partition coefficient (Wildman–Crippen LogP) is 4.61. The quantitative estimate of drug-likeness (QED) is 0.248. The average molecular weight is 649 g/mol. The summed E-state index contributed by atoms with van der Waals surface area (Å²) in [6.07, 6.45) is 4.55. The Kier molecular flexibility index (Phi) is 8.16. The molecule has 0 amide bonds. The molecular formula is C33H36N4O8S. The number of aliphatic hydroxyl groups is 1. The fourth-order valence-corrected chi connectivity index (χ4v) is 8.54. The van der Waals surface area contributed by atoms with Crippen molar-refractivity contribution in [2.24, 2.45) is 11.8 Å². The molecule has 12 nitrogen and oxygen atoms in total. The molecule has 46 heavy (non-hydrogen) atoms. The molecule has 2 N–H and O–H groups in total. The lowest BCUT2D eigenvalue weighted by atomic mass is 9.94. The van der Waals surface area contributed by atoms with Gasteiger partial charge in [-0.15, -0.1) is 11.3 Å². The summed E-state index contributed by atoms with van der Waals surface area (Å²) in [5, 5.41) is 30.4. The van der Waals surface area contributed by atoms with Crippen LogP contribution in [0.1, 0.15) is 63.2 Å². The van der Waals surface area contributed by atoms with Crippen LogP contribution in [0.5, 0.6) is 5.75 Å². The molecule has 2 saturated carbocycles. The Bertz CT molecular complexity index is 1940. The maximum atomic E-state index is 14.3. The van der Waals surface area contributed by atoms with Crippen molar-refractivity contribution in [3.05, 3.63) is 68.7 Å². The predicted molar refractivity (Wildman–Crippen MR) is 169 cm³/mol. The molecule has 2 aliphatic rings. The number of oxazole rings is 1. The van der Waals surface area contributed by atoms with E-state index in [2.05, 4.69) is 11.1 Å². The van der Waals surface area contributed by atoms with Crippen LogP contribution in [0, 0.1) is 30.1 Å². The van der Waals surface area contributed by atoms with Crippen LogP contribution in [-0.4, -0.2) is 49.1 Å². The monoisotopic (exact) mass is 648 g/mol. The SMILES string of the molecule is COc1ccccc1C(Cn1c(=O)n(C(C)(C)C(=O)O)c(=O)c2c(C)c(-c3ncco3)sc21)OC1C[C@@H]2CC(O)(CC#N)C[C@@H]2C1. The van der Waals surface area contributed by atoms with Crippen molar-refractivity contribution in [3.63, 3.8) is 0 Å². The van der Waals surface area contributed by atoms with E-state index in [0.29, 0.717) is 52.3 Å². The first-order valence-corrected chi connectivity index (χ1v) is 16.0. The normalized spacial score (nSPS) is 23.3. The van der Waals surface area contributed by atoms with E-state index >= 15 is 0 Å². The average Bonchev–Trinajstić information content (AvgIpc) is 3.78. The third-order valence-electron chi connectivity index (χ3n) is 9.60. The highest BCUT2D eigenvalue weighted by Gasteiger charge is 2.49. The smallest absolute Gasteiger partial charge is 0.333 e. The lowest BCUT2D eigenvalue weighted by molar-refractivity contribution is -0.146. The fraction of sp³-hybridized carbons (Fsp3) is 0.485. The number of fused-ring (bicyclic) bond motifs is 2. The Balaban J connectivity index is 1.47. The Morgan fingerprint density at radius 3 is 2.57 bits per heavy atom. The third-order valence-corrected chi connectivity index (χ3v) is 10.9. The number of methoxy groups -OCH3 is 1. The summed E-state index contributed by atoms with van der Waals surface area (Å²) < 4.78 is 20.3. The van der Waals surface area contributed by atoms with E-state index in [4.69, 9.17) is 13.9 Å².